The van der Waals surface area contributed by atoms with E-state index in [1.165, 1.54) is 44.1 Å². The molecule has 0 saturated carbocycles. The van der Waals surface area contributed by atoms with Gasteiger partial charge in [0.15, 0.2) is 11.6 Å². The van der Waals surface area contributed by atoms with Crippen molar-refractivity contribution in [2.45, 2.75) is 51.9 Å². The van der Waals surface area contributed by atoms with E-state index in [0.29, 0.717) is 12.0 Å². The first-order chi connectivity index (χ1) is 13.1. The molecule has 0 N–H and O–H groups in total. The molecule has 0 atom stereocenters. The van der Waals surface area contributed by atoms with Crippen LogP contribution in [-0.2, 0) is 12.8 Å². The van der Waals surface area contributed by atoms with E-state index in [9.17, 15) is 8.78 Å². The van der Waals surface area contributed by atoms with Crippen molar-refractivity contribution in [2.75, 3.05) is 7.11 Å². The van der Waals surface area contributed by atoms with E-state index >= 15 is 4.39 Å². The second-order valence-corrected chi connectivity index (χ2v) is 7.06. The van der Waals surface area contributed by atoms with Gasteiger partial charge in [0, 0.05) is 11.1 Å². The molecule has 1 nitrogen and oxygen atoms in total. The Bertz CT molecular complexity index is 855. The van der Waals surface area contributed by atoms with E-state index in [1.807, 2.05) is 6.07 Å². The summed E-state index contributed by atoms with van der Waals surface area (Å²) in [7, 11) is 1.27. The molecule has 0 radical (unpaired) electrons. The normalized spacial score (nSPS) is 13.3. The fourth-order valence-electron chi connectivity index (χ4n) is 3.69. The van der Waals surface area contributed by atoms with Gasteiger partial charge in [-0.15, -0.1) is 0 Å². The number of unbranched alkanes of at least 4 members (excludes halogenated alkanes) is 3. The molecule has 0 aliphatic heterocycles. The Labute approximate surface area is 158 Å². The molecule has 0 unspecified atom stereocenters. The van der Waals surface area contributed by atoms with Gasteiger partial charge in [0.25, 0.3) is 0 Å². The van der Waals surface area contributed by atoms with Crippen LogP contribution in [0.5, 0.6) is 5.75 Å². The van der Waals surface area contributed by atoms with Crippen molar-refractivity contribution < 1.29 is 17.9 Å². The number of halogens is 3. The zero-order valence-corrected chi connectivity index (χ0v) is 15.9. The van der Waals surface area contributed by atoms with Crippen LogP contribution in [0.15, 0.2) is 35.9 Å². The summed E-state index contributed by atoms with van der Waals surface area (Å²) in [6.45, 7) is 2.19. The minimum atomic E-state index is -1.10. The Morgan fingerprint density at radius 2 is 1.63 bits per heavy atom. The van der Waals surface area contributed by atoms with Gasteiger partial charge in [-0.3, -0.25) is 0 Å². The Hall–Kier alpha value is -2.23. The van der Waals surface area contributed by atoms with Crippen LogP contribution in [0.3, 0.4) is 0 Å². The molecule has 0 fully saturated rings. The number of fused-ring (bicyclic) bond motifs is 1. The topological polar surface area (TPSA) is 9.23 Å². The summed E-state index contributed by atoms with van der Waals surface area (Å²) in [6, 6.07) is 6.08. The number of rotatable bonds is 7. The van der Waals surface area contributed by atoms with Crippen LogP contribution < -0.4 is 4.74 Å². The fourth-order valence-corrected chi connectivity index (χ4v) is 3.69. The molecule has 1 aliphatic carbocycles. The highest BCUT2D eigenvalue weighted by Crippen LogP contribution is 2.35. The van der Waals surface area contributed by atoms with E-state index in [4.69, 9.17) is 4.74 Å². The Kier molecular flexibility index (Phi) is 6.25. The van der Waals surface area contributed by atoms with Crippen molar-refractivity contribution >= 4 is 0 Å². The predicted octanol–water partition coefficient (Wildman–Crippen LogP) is 6.77. The Morgan fingerprint density at radius 1 is 0.889 bits per heavy atom. The molecular weight excluding hydrogens is 349 g/mol. The van der Waals surface area contributed by atoms with Gasteiger partial charge in [-0.05, 0) is 48.9 Å². The molecule has 0 spiro atoms. The van der Waals surface area contributed by atoms with Crippen LogP contribution in [0, 0.1) is 17.5 Å². The number of hydrogen-bond acceptors (Lipinski definition) is 1. The minimum Gasteiger partial charge on any atom is -0.494 e. The third-order valence-electron chi connectivity index (χ3n) is 5.26. The van der Waals surface area contributed by atoms with Crippen molar-refractivity contribution in [1.29, 1.82) is 0 Å². The maximum Gasteiger partial charge on any atom is 0.201 e. The third-order valence-corrected chi connectivity index (χ3v) is 5.26. The second-order valence-electron chi connectivity index (χ2n) is 7.06. The summed E-state index contributed by atoms with van der Waals surface area (Å²) in [4.78, 5) is 0. The molecule has 144 valence electrons. The van der Waals surface area contributed by atoms with Gasteiger partial charge >= 0.3 is 0 Å². The first kappa shape index (κ1) is 19.5. The lowest BCUT2D eigenvalue weighted by atomic mass is 9.86. The van der Waals surface area contributed by atoms with Gasteiger partial charge in [-0.25, -0.2) is 8.78 Å². The maximum atomic E-state index is 15.1. The van der Waals surface area contributed by atoms with Crippen LogP contribution in [0.25, 0.3) is 11.1 Å². The van der Waals surface area contributed by atoms with E-state index in [2.05, 4.69) is 13.0 Å². The summed E-state index contributed by atoms with van der Waals surface area (Å²) in [6.07, 6.45) is 9.19. The molecule has 1 aliphatic rings. The number of hydrogen-bond donors (Lipinski definition) is 0. The minimum absolute atomic E-state index is 0.0806. The zero-order valence-electron chi connectivity index (χ0n) is 15.9. The molecule has 0 saturated heterocycles. The highest BCUT2D eigenvalue weighted by atomic mass is 19.2. The summed E-state index contributed by atoms with van der Waals surface area (Å²) in [5.74, 6) is -2.83. The first-order valence-electron chi connectivity index (χ1n) is 9.57. The van der Waals surface area contributed by atoms with Crippen molar-refractivity contribution in [3.8, 4) is 16.9 Å². The fraction of sp³-hybridized carbons (Fsp3) is 0.391. The average molecular weight is 374 g/mol. The molecule has 0 bridgehead atoms. The average Bonchev–Trinajstić information content (AvgIpc) is 2.68. The van der Waals surface area contributed by atoms with Crippen LogP contribution in [0.1, 0.15) is 50.2 Å². The predicted molar refractivity (Wildman–Crippen MR) is 103 cm³/mol. The van der Waals surface area contributed by atoms with Crippen molar-refractivity contribution in [3.05, 3.63) is 64.5 Å². The number of methoxy groups -OCH3 is 1. The SMILES string of the molecule is CCCCCCC1=CCc2c(ccc(-c3ccc(OC)c(F)c3F)c2F)C1. The lowest BCUT2D eigenvalue weighted by Gasteiger charge is -2.20. The van der Waals surface area contributed by atoms with E-state index in [-0.39, 0.29) is 16.9 Å². The van der Waals surface area contributed by atoms with E-state index in [1.54, 1.807) is 6.07 Å². The van der Waals surface area contributed by atoms with Crippen molar-refractivity contribution in [3.63, 3.8) is 0 Å². The molecule has 2 aromatic rings. The van der Waals surface area contributed by atoms with Gasteiger partial charge in [-0.1, -0.05) is 50.0 Å². The van der Waals surface area contributed by atoms with Gasteiger partial charge in [0.1, 0.15) is 5.82 Å². The van der Waals surface area contributed by atoms with Gasteiger partial charge in [-0.2, -0.15) is 4.39 Å². The Balaban J connectivity index is 1.84. The standard InChI is InChI=1S/C23H25F3O/c1-3-4-5-6-7-15-8-10-17-16(14-15)9-11-18(21(17)24)19-12-13-20(27-2)23(26)22(19)25/h8-9,11-13H,3-7,10,14H2,1-2H3. The smallest absolute Gasteiger partial charge is 0.201 e. The molecule has 0 amide bonds. The molecule has 0 aromatic heterocycles. The molecule has 0 heterocycles. The highest BCUT2D eigenvalue weighted by molar-refractivity contribution is 5.68. The van der Waals surface area contributed by atoms with Crippen LogP contribution >= 0.6 is 0 Å². The Morgan fingerprint density at radius 3 is 2.37 bits per heavy atom. The largest absolute Gasteiger partial charge is 0.494 e. The zero-order chi connectivity index (χ0) is 19.4. The summed E-state index contributed by atoms with van der Waals surface area (Å²) < 4.78 is 48.2. The van der Waals surface area contributed by atoms with Crippen molar-refractivity contribution in [2.24, 2.45) is 0 Å². The van der Waals surface area contributed by atoms with Crippen LogP contribution in [0.4, 0.5) is 13.2 Å². The third kappa shape index (κ3) is 4.05. The molecule has 27 heavy (non-hydrogen) atoms. The number of ether oxygens (including phenoxy) is 1. The molecule has 4 heteroatoms. The van der Waals surface area contributed by atoms with Gasteiger partial charge in [0.2, 0.25) is 5.82 Å². The van der Waals surface area contributed by atoms with E-state index < -0.39 is 17.5 Å². The van der Waals surface area contributed by atoms with Crippen LogP contribution in [0.2, 0.25) is 0 Å². The first-order valence-corrected chi connectivity index (χ1v) is 9.57. The quantitative estimate of drug-likeness (QED) is 0.384. The number of allylic oxidation sites excluding steroid dienone is 2. The second kappa shape index (κ2) is 8.64. The summed E-state index contributed by atoms with van der Waals surface area (Å²) in [5, 5.41) is 0. The van der Waals surface area contributed by atoms with E-state index in [0.717, 1.165) is 24.8 Å². The number of benzene rings is 2. The molecule has 2 aromatic carbocycles. The lowest BCUT2D eigenvalue weighted by molar-refractivity contribution is 0.372. The maximum absolute atomic E-state index is 15.1. The van der Waals surface area contributed by atoms with Crippen molar-refractivity contribution in [1.82, 2.24) is 0 Å². The summed E-state index contributed by atoms with van der Waals surface area (Å²) >= 11 is 0. The molecule has 3 rings (SSSR count). The van der Waals surface area contributed by atoms with Gasteiger partial charge < -0.3 is 4.74 Å². The lowest BCUT2D eigenvalue weighted by Crippen LogP contribution is -2.07. The highest BCUT2D eigenvalue weighted by Gasteiger charge is 2.22. The monoisotopic (exact) mass is 374 g/mol. The molecular formula is C23H25F3O. The van der Waals surface area contributed by atoms with Gasteiger partial charge in [0.05, 0.1) is 7.11 Å². The van der Waals surface area contributed by atoms with Crippen LogP contribution in [-0.4, -0.2) is 7.11 Å². The summed E-state index contributed by atoms with van der Waals surface area (Å²) in [5.41, 5.74) is 2.88.